The molecule has 0 aliphatic carbocycles. The molecule has 2 aromatic carbocycles. The first-order chi connectivity index (χ1) is 11.2. The maximum absolute atomic E-state index is 11.1. The molecule has 0 atom stereocenters. The highest BCUT2D eigenvalue weighted by Gasteiger charge is 2.13. The Morgan fingerprint density at radius 1 is 1.09 bits per heavy atom. The Morgan fingerprint density at radius 3 is 2.61 bits per heavy atom. The van der Waals surface area contributed by atoms with Crippen LogP contribution in [0.15, 0.2) is 59.8 Å². The van der Waals surface area contributed by atoms with Crippen LogP contribution in [-0.4, -0.2) is 26.4 Å². The number of aliphatic carboxylic acids is 1. The Hall–Kier alpha value is -2.27. The third-order valence-corrected chi connectivity index (χ3v) is 4.66. The van der Waals surface area contributed by atoms with Gasteiger partial charge in [0.05, 0.1) is 11.0 Å². The second kappa shape index (κ2) is 7.33. The van der Waals surface area contributed by atoms with Crippen molar-refractivity contribution in [2.24, 2.45) is 0 Å². The van der Waals surface area contributed by atoms with E-state index in [-0.39, 0.29) is 6.54 Å². The number of nitrogens with zero attached hydrogens (tertiary/aromatic N) is 2. The highest BCUT2D eigenvalue weighted by Crippen LogP contribution is 2.24. The number of hydrogen-bond donors (Lipinski definition) is 1. The van der Waals surface area contributed by atoms with Crippen LogP contribution in [-0.2, 0) is 17.8 Å². The van der Waals surface area contributed by atoms with E-state index < -0.39 is 5.97 Å². The Kier molecular flexibility index (Phi) is 4.98. The largest absolute Gasteiger partial charge is 0.480 e. The summed E-state index contributed by atoms with van der Waals surface area (Å²) in [5, 5.41) is 9.91. The van der Waals surface area contributed by atoms with Crippen LogP contribution in [0.4, 0.5) is 0 Å². The molecule has 0 unspecified atom stereocenters. The Bertz CT molecular complexity index is 799. The van der Waals surface area contributed by atoms with Gasteiger partial charge in [-0.25, -0.2) is 4.98 Å². The number of para-hydroxylation sites is 2. The maximum atomic E-state index is 11.1. The van der Waals surface area contributed by atoms with E-state index in [1.54, 1.807) is 16.3 Å². The third kappa shape index (κ3) is 3.93. The molecule has 0 fully saturated rings. The van der Waals surface area contributed by atoms with Gasteiger partial charge in [0.1, 0.15) is 6.54 Å². The minimum atomic E-state index is -0.848. The fraction of sp³-hybridized carbons (Fsp3) is 0.222. The molecule has 0 aliphatic heterocycles. The van der Waals surface area contributed by atoms with Gasteiger partial charge in [-0.1, -0.05) is 54.2 Å². The van der Waals surface area contributed by atoms with Gasteiger partial charge in [-0.3, -0.25) is 4.79 Å². The third-order valence-electron chi connectivity index (χ3n) is 3.60. The van der Waals surface area contributed by atoms with Crippen molar-refractivity contribution >= 4 is 28.8 Å². The van der Waals surface area contributed by atoms with Crippen LogP contribution < -0.4 is 0 Å². The van der Waals surface area contributed by atoms with Crippen LogP contribution >= 0.6 is 11.8 Å². The number of benzene rings is 2. The van der Waals surface area contributed by atoms with E-state index in [1.807, 2.05) is 30.3 Å². The van der Waals surface area contributed by atoms with Crippen LogP contribution in [0.5, 0.6) is 0 Å². The van der Waals surface area contributed by atoms with Crippen LogP contribution in [0.3, 0.4) is 0 Å². The highest BCUT2D eigenvalue weighted by molar-refractivity contribution is 7.99. The Labute approximate surface area is 139 Å². The smallest absolute Gasteiger partial charge is 0.323 e. The molecule has 0 saturated heterocycles. The summed E-state index contributed by atoms with van der Waals surface area (Å²) in [6, 6.07) is 18.0. The first-order valence-corrected chi connectivity index (χ1v) is 8.56. The van der Waals surface area contributed by atoms with Gasteiger partial charge >= 0.3 is 5.97 Å². The van der Waals surface area contributed by atoms with Crippen LogP contribution in [0.1, 0.15) is 12.0 Å². The standard InChI is InChI=1S/C18H18N2O2S/c21-17(22)13-20-16-11-5-4-10-15(16)19-18(20)23-12-6-9-14-7-2-1-3-8-14/h1-5,7-8,10-11H,6,9,12-13H2,(H,21,22). The first-order valence-electron chi connectivity index (χ1n) is 7.58. The van der Waals surface area contributed by atoms with E-state index in [9.17, 15) is 4.79 Å². The monoisotopic (exact) mass is 326 g/mol. The molecule has 118 valence electrons. The van der Waals surface area contributed by atoms with Crippen molar-refractivity contribution in [2.75, 3.05) is 5.75 Å². The van der Waals surface area contributed by atoms with Crippen LogP contribution in [0, 0.1) is 0 Å². The number of carboxylic acids is 1. The normalized spacial score (nSPS) is 11.0. The van der Waals surface area contributed by atoms with Crippen molar-refractivity contribution in [2.45, 2.75) is 24.5 Å². The zero-order chi connectivity index (χ0) is 16.1. The Balaban J connectivity index is 1.68. The summed E-state index contributed by atoms with van der Waals surface area (Å²) in [6.07, 6.45) is 2.05. The lowest BCUT2D eigenvalue weighted by Crippen LogP contribution is -2.09. The highest BCUT2D eigenvalue weighted by atomic mass is 32.2. The molecule has 0 aliphatic rings. The van der Waals surface area contributed by atoms with Crippen molar-refractivity contribution in [3.8, 4) is 0 Å². The van der Waals surface area contributed by atoms with Crippen molar-refractivity contribution in [1.29, 1.82) is 0 Å². The van der Waals surface area contributed by atoms with E-state index in [0.29, 0.717) is 0 Å². The summed E-state index contributed by atoms with van der Waals surface area (Å²) >= 11 is 1.62. The van der Waals surface area contributed by atoms with Crippen LogP contribution in [0.2, 0.25) is 0 Å². The molecular weight excluding hydrogens is 308 g/mol. The summed E-state index contributed by atoms with van der Waals surface area (Å²) in [4.78, 5) is 15.7. The molecule has 0 radical (unpaired) electrons. The second-order valence-electron chi connectivity index (χ2n) is 5.30. The van der Waals surface area contributed by atoms with Gasteiger partial charge in [-0.2, -0.15) is 0 Å². The summed E-state index contributed by atoms with van der Waals surface area (Å²) in [6.45, 7) is -0.0540. The Morgan fingerprint density at radius 2 is 1.83 bits per heavy atom. The summed E-state index contributed by atoms with van der Waals surface area (Å²) in [5.41, 5.74) is 3.05. The molecule has 3 aromatic rings. The quantitative estimate of drug-likeness (QED) is 0.529. The molecule has 23 heavy (non-hydrogen) atoms. The van der Waals surface area contributed by atoms with Crippen molar-refractivity contribution < 1.29 is 9.90 Å². The SMILES string of the molecule is O=C(O)Cn1c(SCCCc2ccccc2)nc2ccccc21. The van der Waals surface area contributed by atoms with Gasteiger partial charge in [0, 0.05) is 5.75 Å². The second-order valence-corrected chi connectivity index (χ2v) is 6.36. The fourth-order valence-electron chi connectivity index (χ4n) is 2.54. The molecule has 0 saturated carbocycles. The number of fused-ring (bicyclic) bond motifs is 1. The van der Waals surface area contributed by atoms with Gasteiger partial charge in [0.25, 0.3) is 0 Å². The van der Waals surface area contributed by atoms with Gasteiger partial charge in [-0.15, -0.1) is 0 Å². The first kappa shape index (κ1) is 15.6. The van der Waals surface area contributed by atoms with E-state index >= 15 is 0 Å². The molecule has 1 aromatic heterocycles. The van der Waals surface area contributed by atoms with E-state index in [0.717, 1.165) is 34.8 Å². The average Bonchev–Trinajstić information content (AvgIpc) is 2.90. The van der Waals surface area contributed by atoms with Crippen molar-refractivity contribution in [3.05, 3.63) is 60.2 Å². The number of carboxylic acid groups (broad SMARTS) is 1. The summed E-state index contributed by atoms with van der Waals surface area (Å²) < 4.78 is 1.78. The number of aryl methyl sites for hydroxylation is 1. The summed E-state index contributed by atoms with van der Waals surface area (Å²) in [5.74, 6) is 0.0666. The molecule has 1 N–H and O–H groups in total. The molecule has 0 spiro atoms. The van der Waals surface area contributed by atoms with Gasteiger partial charge < -0.3 is 9.67 Å². The van der Waals surface area contributed by atoms with Crippen LogP contribution in [0.25, 0.3) is 11.0 Å². The molecule has 0 amide bonds. The van der Waals surface area contributed by atoms with Gasteiger partial charge in [0.15, 0.2) is 5.16 Å². The van der Waals surface area contributed by atoms with Crippen molar-refractivity contribution in [1.82, 2.24) is 9.55 Å². The van der Waals surface area contributed by atoms with Gasteiger partial charge in [-0.05, 0) is 30.5 Å². The zero-order valence-corrected chi connectivity index (χ0v) is 13.5. The maximum Gasteiger partial charge on any atom is 0.323 e. The number of carbonyl (C=O) groups is 1. The minimum absolute atomic E-state index is 0.0540. The molecule has 0 bridgehead atoms. The predicted molar refractivity (Wildman–Crippen MR) is 92.9 cm³/mol. The number of rotatable bonds is 7. The topological polar surface area (TPSA) is 55.1 Å². The minimum Gasteiger partial charge on any atom is -0.480 e. The van der Waals surface area contributed by atoms with E-state index in [4.69, 9.17) is 5.11 Å². The molecule has 4 nitrogen and oxygen atoms in total. The lowest BCUT2D eigenvalue weighted by Gasteiger charge is -2.06. The molecule has 3 rings (SSSR count). The number of thioether (sulfide) groups is 1. The number of imidazole rings is 1. The fourth-order valence-corrected chi connectivity index (χ4v) is 3.49. The number of hydrogen-bond acceptors (Lipinski definition) is 3. The average molecular weight is 326 g/mol. The number of aromatic nitrogens is 2. The zero-order valence-electron chi connectivity index (χ0n) is 12.7. The lowest BCUT2D eigenvalue weighted by molar-refractivity contribution is -0.137. The molecule has 1 heterocycles. The lowest BCUT2D eigenvalue weighted by atomic mass is 10.1. The molecule has 5 heteroatoms. The van der Waals surface area contributed by atoms with Crippen molar-refractivity contribution in [3.63, 3.8) is 0 Å². The predicted octanol–water partition coefficient (Wildman–Crippen LogP) is 3.85. The summed E-state index contributed by atoms with van der Waals surface area (Å²) in [7, 11) is 0. The van der Waals surface area contributed by atoms with E-state index in [2.05, 4.69) is 29.2 Å². The van der Waals surface area contributed by atoms with E-state index in [1.165, 1.54) is 5.56 Å². The van der Waals surface area contributed by atoms with Gasteiger partial charge in [0.2, 0.25) is 0 Å². The molecular formula is C18H18N2O2S.